The first kappa shape index (κ1) is 24.2. The first-order chi connectivity index (χ1) is 16.0. The minimum Gasteiger partial charge on any atom is -0.372 e. The molecule has 0 saturated carbocycles. The summed E-state index contributed by atoms with van der Waals surface area (Å²) < 4.78 is 2.43. The third kappa shape index (κ3) is 5.49. The molecule has 0 aliphatic carbocycles. The Balaban J connectivity index is 0.000000709. The molecule has 0 bridgehead atoms. The van der Waals surface area contributed by atoms with Crippen molar-refractivity contribution >= 4 is 27.6 Å². The Morgan fingerprint density at radius 1 is 1.33 bits per heavy atom. The number of allylic oxidation sites excluding steroid dienone is 1. The second-order valence-corrected chi connectivity index (χ2v) is 8.57. The van der Waals surface area contributed by atoms with Gasteiger partial charge in [-0.15, -0.1) is 6.42 Å². The van der Waals surface area contributed by atoms with Gasteiger partial charge >= 0.3 is 0 Å². The SMILES string of the molecule is C#CC(C#CC)=N/C=C(\C)N1CCC(C)C(n2ccc3cnc4[nH]ccc4c32)C1.CCCC. The molecule has 1 fully saturated rings. The van der Waals surface area contributed by atoms with Gasteiger partial charge in [0.2, 0.25) is 0 Å². The molecule has 0 radical (unpaired) electrons. The smallest absolute Gasteiger partial charge is 0.163 e. The van der Waals surface area contributed by atoms with Crippen LogP contribution in [0.3, 0.4) is 0 Å². The molecular formula is C28H35N5. The van der Waals surface area contributed by atoms with E-state index in [1.165, 1.54) is 29.1 Å². The van der Waals surface area contributed by atoms with Crippen LogP contribution in [0.4, 0.5) is 0 Å². The van der Waals surface area contributed by atoms with Crippen LogP contribution in [0.5, 0.6) is 0 Å². The molecule has 5 heteroatoms. The number of unbranched alkanes of at least 4 members (excludes halogenated alkanes) is 1. The van der Waals surface area contributed by atoms with E-state index in [1.54, 1.807) is 6.92 Å². The van der Waals surface area contributed by atoms with Crippen LogP contribution in [-0.4, -0.2) is 38.2 Å². The van der Waals surface area contributed by atoms with Crippen molar-refractivity contribution in [1.29, 1.82) is 0 Å². The van der Waals surface area contributed by atoms with Gasteiger partial charge in [-0.1, -0.05) is 39.5 Å². The van der Waals surface area contributed by atoms with Crippen LogP contribution in [0, 0.1) is 30.1 Å². The highest BCUT2D eigenvalue weighted by atomic mass is 15.2. The molecule has 1 aliphatic rings. The zero-order valence-electron chi connectivity index (χ0n) is 20.5. The predicted octanol–water partition coefficient (Wildman–Crippen LogP) is 6.17. The summed E-state index contributed by atoms with van der Waals surface area (Å²) in [5.74, 6) is 8.77. The van der Waals surface area contributed by atoms with Gasteiger partial charge in [-0.2, -0.15) is 0 Å². The molecule has 0 amide bonds. The molecule has 0 spiro atoms. The molecule has 1 saturated heterocycles. The second-order valence-electron chi connectivity index (χ2n) is 8.57. The van der Waals surface area contributed by atoms with E-state index >= 15 is 0 Å². The van der Waals surface area contributed by atoms with Crippen molar-refractivity contribution in [2.75, 3.05) is 13.1 Å². The quantitative estimate of drug-likeness (QED) is 0.389. The summed E-state index contributed by atoms with van der Waals surface area (Å²) in [4.78, 5) is 14.5. The fourth-order valence-electron chi connectivity index (χ4n) is 4.13. The molecule has 2 unspecified atom stereocenters. The number of rotatable bonds is 4. The monoisotopic (exact) mass is 441 g/mol. The lowest BCUT2D eigenvalue weighted by atomic mass is 9.92. The van der Waals surface area contributed by atoms with E-state index in [-0.39, 0.29) is 0 Å². The van der Waals surface area contributed by atoms with E-state index in [0.29, 0.717) is 17.7 Å². The maximum absolute atomic E-state index is 5.48. The van der Waals surface area contributed by atoms with Gasteiger partial charge in [-0.05, 0) is 50.2 Å². The van der Waals surface area contributed by atoms with Crippen molar-refractivity contribution in [1.82, 2.24) is 19.4 Å². The molecule has 4 rings (SSSR count). The number of hydrogen-bond donors (Lipinski definition) is 1. The predicted molar refractivity (Wildman–Crippen MR) is 140 cm³/mol. The van der Waals surface area contributed by atoms with Crippen molar-refractivity contribution in [2.45, 2.75) is 59.9 Å². The maximum atomic E-state index is 5.48. The number of hydrogen-bond acceptors (Lipinski definition) is 3. The third-order valence-corrected chi connectivity index (χ3v) is 6.29. The van der Waals surface area contributed by atoms with Crippen LogP contribution in [0.25, 0.3) is 21.9 Å². The molecule has 3 aromatic rings. The number of piperidine rings is 1. The maximum Gasteiger partial charge on any atom is 0.163 e. The average molecular weight is 442 g/mol. The zero-order chi connectivity index (χ0) is 23.8. The van der Waals surface area contributed by atoms with Crippen LogP contribution >= 0.6 is 0 Å². The molecular weight excluding hydrogens is 406 g/mol. The van der Waals surface area contributed by atoms with Gasteiger partial charge < -0.3 is 14.5 Å². The van der Waals surface area contributed by atoms with Crippen LogP contribution in [0.2, 0.25) is 0 Å². The largest absolute Gasteiger partial charge is 0.372 e. The molecule has 1 N–H and O–H groups in total. The lowest BCUT2D eigenvalue weighted by Gasteiger charge is -2.39. The Morgan fingerprint density at radius 2 is 2.12 bits per heavy atom. The van der Waals surface area contributed by atoms with Crippen molar-refractivity contribution in [2.24, 2.45) is 10.9 Å². The van der Waals surface area contributed by atoms with Crippen LogP contribution < -0.4 is 0 Å². The number of aromatic nitrogens is 3. The number of terminal acetylenes is 1. The normalized spacial score (nSPS) is 19.0. The van der Waals surface area contributed by atoms with Gasteiger partial charge in [0, 0.05) is 54.3 Å². The fourth-order valence-corrected chi connectivity index (χ4v) is 4.13. The Bertz CT molecular complexity index is 1240. The second kappa shape index (κ2) is 11.4. The summed E-state index contributed by atoms with van der Waals surface area (Å²) in [6.45, 7) is 12.5. The minimum atomic E-state index is 0.372. The van der Waals surface area contributed by atoms with Crippen molar-refractivity contribution in [3.63, 3.8) is 0 Å². The molecule has 172 valence electrons. The van der Waals surface area contributed by atoms with Crippen LogP contribution in [0.15, 0.2) is 47.6 Å². The first-order valence-corrected chi connectivity index (χ1v) is 11.8. The molecule has 33 heavy (non-hydrogen) atoms. The summed E-state index contributed by atoms with van der Waals surface area (Å²) in [6.07, 6.45) is 17.2. The Kier molecular flexibility index (Phi) is 8.39. The van der Waals surface area contributed by atoms with E-state index in [0.717, 1.165) is 30.9 Å². The lowest BCUT2D eigenvalue weighted by molar-refractivity contribution is 0.167. The van der Waals surface area contributed by atoms with Gasteiger partial charge in [-0.25, -0.2) is 9.98 Å². The van der Waals surface area contributed by atoms with E-state index in [4.69, 9.17) is 6.42 Å². The summed E-state index contributed by atoms with van der Waals surface area (Å²) >= 11 is 0. The number of pyridine rings is 1. The van der Waals surface area contributed by atoms with Gasteiger partial charge in [0.05, 0.1) is 11.6 Å². The van der Waals surface area contributed by atoms with Crippen molar-refractivity contribution in [3.8, 4) is 24.2 Å². The highest BCUT2D eigenvalue weighted by molar-refractivity contribution is 6.13. The first-order valence-electron chi connectivity index (χ1n) is 11.8. The highest BCUT2D eigenvalue weighted by Gasteiger charge is 2.29. The molecule has 4 heterocycles. The van der Waals surface area contributed by atoms with E-state index in [9.17, 15) is 0 Å². The Morgan fingerprint density at radius 3 is 2.82 bits per heavy atom. The van der Waals surface area contributed by atoms with Gasteiger partial charge in [-0.3, -0.25) is 0 Å². The summed E-state index contributed by atoms with van der Waals surface area (Å²) in [7, 11) is 0. The lowest BCUT2D eigenvalue weighted by Crippen LogP contribution is -2.39. The van der Waals surface area contributed by atoms with Gasteiger partial charge in [0.25, 0.3) is 0 Å². The zero-order valence-corrected chi connectivity index (χ0v) is 20.5. The molecule has 5 nitrogen and oxygen atoms in total. The van der Waals surface area contributed by atoms with E-state index in [2.05, 4.69) is 88.2 Å². The number of H-pyrrole nitrogens is 1. The van der Waals surface area contributed by atoms with E-state index < -0.39 is 0 Å². The minimum absolute atomic E-state index is 0.372. The molecule has 3 aromatic heterocycles. The summed E-state index contributed by atoms with van der Waals surface area (Å²) in [6, 6.07) is 4.65. The topological polar surface area (TPSA) is 49.2 Å². The Hall–Kier alpha value is -3.44. The molecule has 0 aromatic carbocycles. The molecule has 2 atom stereocenters. The number of likely N-dealkylation sites (tertiary alicyclic amines) is 1. The Labute approximate surface area is 198 Å². The number of fused-ring (bicyclic) bond motifs is 3. The molecule has 1 aliphatic heterocycles. The number of aliphatic imine (C=N–C) groups is 1. The summed E-state index contributed by atoms with van der Waals surface area (Å²) in [5, 5.41) is 2.35. The van der Waals surface area contributed by atoms with Crippen LogP contribution in [-0.2, 0) is 0 Å². The van der Waals surface area contributed by atoms with E-state index in [1.807, 2.05) is 18.6 Å². The third-order valence-electron chi connectivity index (χ3n) is 6.29. The van der Waals surface area contributed by atoms with Gasteiger partial charge in [0.15, 0.2) is 5.71 Å². The van der Waals surface area contributed by atoms with Crippen molar-refractivity contribution < 1.29 is 0 Å². The number of nitrogens with zero attached hydrogens (tertiary/aromatic N) is 4. The standard InChI is InChI=1S/C24H25N5.C4H10/c1-5-7-20(6-2)26-14-18(4)28-12-9-17(3)22(16-28)29-13-10-19-15-27-24-21(23(19)29)8-11-25-24;1-3-4-2/h2,8,10-11,13-15,17,22H,9,12,16H2,1,3-4H3,(H,25,27);3-4H2,1-2H3/b18-14+,26-20?;. The number of nitrogens with one attached hydrogen (secondary N) is 1. The van der Waals surface area contributed by atoms with Crippen molar-refractivity contribution in [3.05, 3.63) is 42.6 Å². The van der Waals surface area contributed by atoms with Crippen LogP contribution in [0.1, 0.15) is 59.9 Å². The fraction of sp³-hybridized carbons (Fsp3) is 0.429. The summed E-state index contributed by atoms with van der Waals surface area (Å²) in [5.41, 5.74) is 3.76. The average Bonchev–Trinajstić information content (AvgIpc) is 3.48. The van der Waals surface area contributed by atoms with Gasteiger partial charge in [0.1, 0.15) is 5.65 Å². The highest BCUT2D eigenvalue weighted by Crippen LogP contribution is 2.34. The number of aromatic amines is 1.